The van der Waals surface area contributed by atoms with Crippen LogP contribution in [0.2, 0.25) is 0 Å². The zero-order valence-corrected chi connectivity index (χ0v) is 10.7. The average molecular weight is 246 g/mol. The minimum Gasteiger partial charge on any atom is -0.313 e. The van der Waals surface area contributed by atoms with Gasteiger partial charge in [0.25, 0.3) is 0 Å². The minimum atomic E-state index is -3.00. The number of sulfone groups is 1. The average Bonchev–Trinajstić information content (AvgIpc) is 2.63. The number of rotatable bonds is 6. The number of aryl methyl sites for hydroxylation is 1. The molecule has 0 amide bonds. The van der Waals surface area contributed by atoms with Gasteiger partial charge in [0, 0.05) is 0 Å². The van der Waals surface area contributed by atoms with Gasteiger partial charge in [-0.2, -0.15) is 5.10 Å². The summed E-state index contributed by atoms with van der Waals surface area (Å²) >= 11 is 0. The van der Waals surface area contributed by atoms with Gasteiger partial charge in [0.2, 0.25) is 0 Å². The highest BCUT2D eigenvalue weighted by molar-refractivity contribution is 7.91. The maximum atomic E-state index is 11.6. The molecule has 6 nitrogen and oxygen atoms in total. The molecule has 1 heterocycles. The SMILES string of the molecule is CNCc1ncn(CCS(=O)(=O)C(C)C)n1. The highest BCUT2D eigenvalue weighted by Crippen LogP contribution is 2.01. The Hall–Kier alpha value is -0.950. The fourth-order valence-corrected chi connectivity index (χ4v) is 2.05. The number of hydrogen-bond donors (Lipinski definition) is 1. The van der Waals surface area contributed by atoms with Crippen LogP contribution in [-0.4, -0.2) is 41.2 Å². The Labute approximate surface area is 96.0 Å². The van der Waals surface area contributed by atoms with E-state index in [-0.39, 0.29) is 11.0 Å². The number of hydrogen-bond acceptors (Lipinski definition) is 5. The fraction of sp³-hybridized carbons (Fsp3) is 0.778. The highest BCUT2D eigenvalue weighted by Gasteiger charge is 2.16. The third-order valence-electron chi connectivity index (χ3n) is 2.24. The third-order valence-corrected chi connectivity index (χ3v) is 4.43. The molecule has 0 radical (unpaired) electrons. The fourth-order valence-electron chi connectivity index (χ4n) is 1.14. The van der Waals surface area contributed by atoms with E-state index in [0.29, 0.717) is 18.9 Å². The molecule has 0 fully saturated rings. The van der Waals surface area contributed by atoms with Gasteiger partial charge in [-0.1, -0.05) is 0 Å². The van der Waals surface area contributed by atoms with Gasteiger partial charge in [0.15, 0.2) is 15.7 Å². The van der Waals surface area contributed by atoms with Crippen LogP contribution < -0.4 is 5.32 Å². The monoisotopic (exact) mass is 246 g/mol. The summed E-state index contributed by atoms with van der Waals surface area (Å²) in [7, 11) is -1.19. The van der Waals surface area contributed by atoms with Crippen molar-refractivity contribution in [1.82, 2.24) is 20.1 Å². The normalized spacial score (nSPS) is 12.2. The molecule has 0 unspecified atom stereocenters. The molecule has 92 valence electrons. The van der Waals surface area contributed by atoms with E-state index in [9.17, 15) is 8.42 Å². The lowest BCUT2D eigenvalue weighted by molar-refractivity contribution is 0.570. The summed E-state index contributed by atoms with van der Waals surface area (Å²) in [6, 6.07) is 0. The van der Waals surface area contributed by atoms with Crippen molar-refractivity contribution in [3.8, 4) is 0 Å². The summed E-state index contributed by atoms with van der Waals surface area (Å²) < 4.78 is 24.7. The molecule has 1 aromatic heterocycles. The van der Waals surface area contributed by atoms with Crippen molar-refractivity contribution >= 4 is 9.84 Å². The maximum Gasteiger partial charge on any atom is 0.164 e. The standard InChI is InChI=1S/C9H18N4O2S/c1-8(2)16(14,15)5-4-13-7-11-9(12-13)6-10-3/h7-8,10H,4-6H2,1-3H3. The second-order valence-corrected chi connectivity index (χ2v) is 6.55. The molecule has 1 rings (SSSR count). The van der Waals surface area contributed by atoms with E-state index >= 15 is 0 Å². The number of nitrogens with zero attached hydrogens (tertiary/aromatic N) is 3. The van der Waals surface area contributed by atoms with E-state index < -0.39 is 9.84 Å². The lowest BCUT2D eigenvalue weighted by atomic mass is 10.6. The first-order valence-corrected chi connectivity index (χ1v) is 6.91. The van der Waals surface area contributed by atoms with E-state index in [4.69, 9.17) is 0 Å². The molecule has 0 spiro atoms. The van der Waals surface area contributed by atoms with Gasteiger partial charge in [-0.25, -0.2) is 13.4 Å². The molecule has 1 aromatic rings. The van der Waals surface area contributed by atoms with Gasteiger partial charge >= 0.3 is 0 Å². The molecule has 0 bridgehead atoms. The first-order valence-electron chi connectivity index (χ1n) is 5.20. The van der Waals surface area contributed by atoms with Crippen molar-refractivity contribution in [2.45, 2.75) is 32.2 Å². The third kappa shape index (κ3) is 3.57. The summed E-state index contributed by atoms with van der Waals surface area (Å²) in [5.41, 5.74) is 0. The Morgan fingerprint density at radius 2 is 2.19 bits per heavy atom. The van der Waals surface area contributed by atoms with Gasteiger partial charge in [-0.3, -0.25) is 4.68 Å². The van der Waals surface area contributed by atoms with E-state index in [1.807, 2.05) is 7.05 Å². The predicted octanol–water partition coefficient (Wildman–Crippen LogP) is -0.179. The lowest BCUT2D eigenvalue weighted by Gasteiger charge is -2.06. The molecule has 0 atom stereocenters. The Balaban J connectivity index is 2.55. The van der Waals surface area contributed by atoms with Gasteiger partial charge < -0.3 is 5.32 Å². The van der Waals surface area contributed by atoms with E-state index in [2.05, 4.69) is 15.4 Å². The molecule has 0 aliphatic rings. The zero-order valence-electron chi connectivity index (χ0n) is 9.84. The van der Waals surface area contributed by atoms with Crippen LogP contribution in [0.1, 0.15) is 19.7 Å². The van der Waals surface area contributed by atoms with Gasteiger partial charge in [-0.15, -0.1) is 0 Å². The lowest BCUT2D eigenvalue weighted by Crippen LogP contribution is -2.21. The molecule has 0 saturated heterocycles. The van der Waals surface area contributed by atoms with E-state index in [0.717, 1.165) is 0 Å². The Kier molecular flexibility index (Phi) is 4.43. The number of aromatic nitrogens is 3. The first kappa shape index (κ1) is 13.1. The predicted molar refractivity (Wildman–Crippen MR) is 61.7 cm³/mol. The summed E-state index contributed by atoms with van der Waals surface area (Å²) in [5.74, 6) is 0.775. The molecule has 16 heavy (non-hydrogen) atoms. The van der Waals surface area contributed by atoms with Crippen LogP contribution >= 0.6 is 0 Å². The molecular weight excluding hydrogens is 228 g/mol. The Bertz CT molecular complexity index is 424. The number of nitrogens with one attached hydrogen (secondary N) is 1. The molecule has 0 aromatic carbocycles. The summed E-state index contributed by atoms with van der Waals surface area (Å²) in [6.45, 7) is 4.31. The molecule has 0 saturated carbocycles. The summed E-state index contributed by atoms with van der Waals surface area (Å²) in [4.78, 5) is 4.05. The highest BCUT2D eigenvalue weighted by atomic mass is 32.2. The van der Waals surface area contributed by atoms with Crippen molar-refractivity contribution in [1.29, 1.82) is 0 Å². The molecule has 1 N–H and O–H groups in total. The van der Waals surface area contributed by atoms with Crippen LogP contribution in [-0.2, 0) is 22.9 Å². The Morgan fingerprint density at radius 3 is 2.75 bits per heavy atom. The summed E-state index contributed by atoms with van der Waals surface area (Å²) in [5, 5.41) is 6.73. The topological polar surface area (TPSA) is 76.9 Å². The van der Waals surface area contributed by atoms with Crippen molar-refractivity contribution in [3.63, 3.8) is 0 Å². The first-order chi connectivity index (χ1) is 7.45. The largest absolute Gasteiger partial charge is 0.313 e. The van der Waals surface area contributed by atoms with Crippen molar-refractivity contribution < 1.29 is 8.42 Å². The molecule has 7 heteroatoms. The van der Waals surface area contributed by atoms with Gasteiger partial charge in [0.05, 0.1) is 24.1 Å². The van der Waals surface area contributed by atoms with E-state index in [1.54, 1.807) is 24.9 Å². The molecular formula is C9H18N4O2S. The maximum absolute atomic E-state index is 11.6. The zero-order chi connectivity index (χ0) is 12.2. The van der Waals surface area contributed by atoms with Crippen LogP contribution in [0.5, 0.6) is 0 Å². The quantitative estimate of drug-likeness (QED) is 0.753. The second kappa shape index (κ2) is 5.40. The van der Waals surface area contributed by atoms with Crippen LogP contribution in [0.15, 0.2) is 6.33 Å². The van der Waals surface area contributed by atoms with Crippen LogP contribution in [0.4, 0.5) is 0 Å². The van der Waals surface area contributed by atoms with Crippen molar-refractivity contribution in [2.75, 3.05) is 12.8 Å². The van der Waals surface area contributed by atoms with Gasteiger partial charge in [-0.05, 0) is 20.9 Å². The molecule has 0 aliphatic carbocycles. The van der Waals surface area contributed by atoms with E-state index in [1.165, 1.54) is 0 Å². The minimum absolute atomic E-state index is 0.104. The van der Waals surface area contributed by atoms with Gasteiger partial charge in [0.1, 0.15) is 6.33 Å². The Morgan fingerprint density at radius 1 is 1.50 bits per heavy atom. The van der Waals surface area contributed by atoms with Crippen LogP contribution in [0.25, 0.3) is 0 Å². The summed E-state index contributed by atoms with van der Waals surface area (Å²) in [6.07, 6.45) is 1.56. The second-order valence-electron chi connectivity index (χ2n) is 3.87. The van der Waals surface area contributed by atoms with Crippen molar-refractivity contribution in [2.24, 2.45) is 0 Å². The van der Waals surface area contributed by atoms with Crippen LogP contribution in [0.3, 0.4) is 0 Å². The van der Waals surface area contributed by atoms with Crippen molar-refractivity contribution in [3.05, 3.63) is 12.2 Å². The molecule has 0 aliphatic heterocycles. The smallest absolute Gasteiger partial charge is 0.164 e. The van der Waals surface area contributed by atoms with Crippen LogP contribution in [0, 0.1) is 0 Å².